The highest BCUT2D eigenvalue weighted by molar-refractivity contribution is 7.28. The molecular formula is C18H17N2O2P. The zero-order valence-electron chi connectivity index (χ0n) is 13.0. The van der Waals surface area contributed by atoms with Crippen molar-refractivity contribution in [1.82, 2.24) is 9.97 Å². The van der Waals surface area contributed by atoms with E-state index in [1.807, 2.05) is 54.6 Å². The molecule has 0 radical (unpaired) electrons. The van der Waals surface area contributed by atoms with Crippen molar-refractivity contribution < 1.29 is 9.47 Å². The normalized spacial score (nSPS) is 10.4. The average molecular weight is 324 g/mol. The van der Waals surface area contributed by atoms with Gasteiger partial charge in [-0.05, 0) is 17.4 Å². The van der Waals surface area contributed by atoms with Gasteiger partial charge in [0.2, 0.25) is 11.8 Å². The summed E-state index contributed by atoms with van der Waals surface area (Å²) < 4.78 is 10.5. The first-order chi connectivity index (χ1) is 11.2. The maximum Gasteiger partial charge on any atom is 0.213 e. The minimum atomic E-state index is 0.584. The highest BCUT2D eigenvalue weighted by Gasteiger charge is 2.13. The van der Waals surface area contributed by atoms with Crippen LogP contribution in [0.2, 0.25) is 0 Å². The van der Waals surface area contributed by atoms with Crippen LogP contribution in [-0.2, 0) is 0 Å². The minimum absolute atomic E-state index is 0.584. The van der Waals surface area contributed by atoms with Gasteiger partial charge in [0.1, 0.15) is 0 Å². The van der Waals surface area contributed by atoms with E-state index < -0.39 is 0 Å². The summed E-state index contributed by atoms with van der Waals surface area (Å²) in [5.74, 6) is 1.17. The summed E-state index contributed by atoms with van der Waals surface area (Å²) in [5.41, 5.74) is 3.69. The lowest BCUT2D eigenvalue weighted by atomic mass is 10.0. The lowest BCUT2D eigenvalue weighted by Gasteiger charge is -2.13. The molecule has 23 heavy (non-hydrogen) atoms. The van der Waals surface area contributed by atoms with Gasteiger partial charge in [0, 0.05) is 23.3 Å². The van der Waals surface area contributed by atoms with Crippen LogP contribution in [0.5, 0.6) is 11.8 Å². The van der Waals surface area contributed by atoms with Crippen LogP contribution in [0.1, 0.15) is 0 Å². The molecule has 1 unspecified atom stereocenters. The zero-order chi connectivity index (χ0) is 16.2. The number of methoxy groups -OCH3 is 2. The summed E-state index contributed by atoms with van der Waals surface area (Å²) in [4.78, 5) is 9.10. The average Bonchev–Trinajstić information content (AvgIpc) is 2.61. The molecule has 0 bridgehead atoms. The molecule has 0 aliphatic rings. The lowest BCUT2D eigenvalue weighted by molar-refractivity contribution is 0.398. The maximum atomic E-state index is 5.24. The Balaban J connectivity index is 2.20. The Morgan fingerprint density at radius 1 is 0.739 bits per heavy atom. The smallest absolute Gasteiger partial charge is 0.213 e. The van der Waals surface area contributed by atoms with Crippen molar-refractivity contribution in [2.45, 2.75) is 0 Å². The van der Waals surface area contributed by atoms with Crippen LogP contribution >= 0.6 is 9.24 Å². The van der Waals surface area contributed by atoms with E-state index in [0.29, 0.717) is 11.8 Å². The summed E-state index contributed by atoms with van der Waals surface area (Å²) >= 11 is 0. The van der Waals surface area contributed by atoms with Gasteiger partial charge < -0.3 is 9.47 Å². The van der Waals surface area contributed by atoms with Crippen LogP contribution < -0.4 is 14.8 Å². The SMILES string of the molecule is COc1cccc(-c2cccc(P)c2-c2cccc(OC)n2)n1. The van der Waals surface area contributed by atoms with Crippen molar-refractivity contribution in [3.63, 3.8) is 0 Å². The van der Waals surface area contributed by atoms with E-state index in [9.17, 15) is 0 Å². The van der Waals surface area contributed by atoms with Gasteiger partial charge in [0.05, 0.1) is 25.6 Å². The molecule has 0 aliphatic heterocycles. The van der Waals surface area contributed by atoms with Crippen LogP contribution in [0.25, 0.3) is 22.5 Å². The molecule has 3 aromatic rings. The molecule has 4 nitrogen and oxygen atoms in total. The minimum Gasteiger partial charge on any atom is -0.481 e. The van der Waals surface area contributed by atoms with Gasteiger partial charge in [-0.3, -0.25) is 0 Å². The van der Waals surface area contributed by atoms with Gasteiger partial charge in [-0.15, -0.1) is 9.24 Å². The third kappa shape index (κ3) is 3.17. The maximum absolute atomic E-state index is 5.24. The number of benzene rings is 1. The van der Waals surface area contributed by atoms with E-state index >= 15 is 0 Å². The van der Waals surface area contributed by atoms with Gasteiger partial charge in [-0.2, -0.15) is 0 Å². The van der Waals surface area contributed by atoms with E-state index in [0.717, 1.165) is 27.8 Å². The largest absolute Gasteiger partial charge is 0.481 e. The monoisotopic (exact) mass is 324 g/mol. The number of hydrogen-bond donors (Lipinski definition) is 0. The first kappa shape index (κ1) is 15.4. The van der Waals surface area contributed by atoms with Gasteiger partial charge in [-0.1, -0.05) is 30.3 Å². The number of aromatic nitrogens is 2. The van der Waals surface area contributed by atoms with Crippen LogP contribution in [-0.4, -0.2) is 24.2 Å². The van der Waals surface area contributed by atoms with E-state index in [4.69, 9.17) is 9.47 Å². The highest BCUT2D eigenvalue weighted by atomic mass is 31.0. The van der Waals surface area contributed by atoms with Crippen LogP contribution in [0.4, 0.5) is 0 Å². The fourth-order valence-electron chi connectivity index (χ4n) is 2.42. The second-order valence-corrected chi connectivity index (χ2v) is 5.52. The Labute approximate surface area is 137 Å². The number of pyridine rings is 2. The van der Waals surface area contributed by atoms with Crippen molar-refractivity contribution in [2.24, 2.45) is 0 Å². The molecule has 116 valence electrons. The van der Waals surface area contributed by atoms with Gasteiger partial charge >= 0.3 is 0 Å². The van der Waals surface area contributed by atoms with Crippen molar-refractivity contribution in [3.8, 4) is 34.3 Å². The third-order valence-electron chi connectivity index (χ3n) is 3.49. The van der Waals surface area contributed by atoms with E-state index in [-0.39, 0.29) is 0 Å². The van der Waals surface area contributed by atoms with Crippen LogP contribution in [0, 0.1) is 0 Å². The molecule has 0 aliphatic carbocycles. The number of rotatable bonds is 4. The molecule has 2 aromatic heterocycles. The summed E-state index contributed by atoms with van der Waals surface area (Å²) in [6.45, 7) is 0. The molecule has 5 heteroatoms. The zero-order valence-corrected chi connectivity index (χ0v) is 14.1. The summed E-state index contributed by atoms with van der Waals surface area (Å²) in [6.07, 6.45) is 0. The summed E-state index contributed by atoms with van der Waals surface area (Å²) in [5, 5.41) is 1.05. The Bertz CT molecular complexity index is 837. The predicted octanol–water partition coefficient (Wildman–Crippen LogP) is 3.33. The van der Waals surface area contributed by atoms with E-state index in [2.05, 4.69) is 19.2 Å². The highest BCUT2D eigenvalue weighted by Crippen LogP contribution is 2.31. The number of ether oxygens (including phenoxy) is 2. The number of hydrogen-bond acceptors (Lipinski definition) is 4. The molecule has 0 saturated heterocycles. The Morgan fingerprint density at radius 3 is 1.96 bits per heavy atom. The van der Waals surface area contributed by atoms with E-state index in [1.54, 1.807) is 14.2 Å². The molecule has 1 aromatic carbocycles. The predicted molar refractivity (Wildman–Crippen MR) is 95.4 cm³/mol. The standard InChI is InChI=1S/C18H17N2O2P/c1-21-16-10-4-7-13(19-16)12-6-3-9-15(23)18(12)14-8-5-11-17(20-14)22-2/h3-11H,23H2,1-2H3. The molecule has 0 fully saturated rings. The molecule has 0 spiro atoms. The molecule has 1 atom stereocenters. The van der Waals surface area contributed by atoms with Gasteiger partial charge in [-0.25, -0.2) is 9.97 Å². The first-order valence-corrected chi connectivity index (χ1v) is 7.72. The molecule has 3 rings (SSSR count). The molecular weight excluding hydrogens is 307 g/mol. The lowest BCUT2D eigenvalue weighted by Crippen LogP contribution is -2.02. The van der Waals surface area contributed by atoms with Gasteiger partial charge in [0.15, 0.2) is 0 Å². The Hall–Kier alpha value is -2.45. The molecule has 0 saturated carbocycles. The Morgan fingerprint density at radius 2 is 1.30 bits per heavy atom. The fourth-order valence-corrected chi connectivity index (χ4v) is 2.83. The second kappa shape index (κ2) is 6.76. The number of nitrogens with zero attached hydrogens (tertiary/aromatic N) is 2. The van der Waals surface area contributed by atoms with Crippen molar-refractivity contribution in [2.75, 3.05) is 14.2 Å². The fraction of sp³-hybridized carbons (Fsp3) is 0.111. The molecule has 0 amide bonds. The van der Waals surface area contributed by atoms with Crippen molar-refractivity contribution in [3.05, 3.63) is 54.6 Å². The summed E-state index contributed by atoms with van der Waals surface area (Å²) in [7, 11) is 5.99. The molecule has 2 heterocycles. The molecule has 0 N–H and O–H groups in total. The summed E-state index contributed by atoms with van der Waals surface area (Å²) in [6, 6.07) is 17.5. The quantitative estimate of drug-likeness (QED) is 0.691. The van der Waals surface area contributed by atoms with Crippen LogP contribution in [0.3, 0.4) is 0 Å². The third-order valence-corrected chi connectivity index (χ3v) is 3.98. The Kier molecular flexibility index (Phi) is 4.54. The van der Waals surface area contributed by atoms with E-state index in [1.165, 1.54) is 0 Å². The topological polar surface area (TPSA) is 44.2 Å². The van der Waals surface area contributed by atoms with Gasteiger partial charge in [0.25, 0.3) is 0 Å². The second-order valence-electron chi connectivity index (χ2n) is 4.90. The van der Waals surface area contributed by atoms with Crippen molar-refractivity contribution >= 4 is 14.5 Å². The first-order valence-electron chi connectivity index (χ1n) is 7.14. The van der Waals surface area contributed by atoms with Crippen molar-refractivity contribution in [1.29, 1.82) is 0 Å². The van der Waals surface area contributed by atoms with Crippen LogP contribution in [0.15, 0.2) is 54.6 Å².